The van der Waals surface area contributed by atoms with Crippen molar-refractivity contribution in [1.82, 2.24) is 4.90 Å². The van der Waals surface area contributed by atoms with E-state index in [1.165, 1.54) is 0 Å². The second-order valence-corrected chi connectivity index (χ2v) is 4.92. The first-order chi connectivity index (χ1) is 6.85. The van der Waals surface area contributed by atoms with E-state index in [1.807, 2.05) is 32.6 Å². The molecule has 0 aromatic heterocycles. The van der Waals surface area contributed by atoms with Crippen LogP contribution in [0.5, 0.6) is 0 Å². The fourth-order valence-electron chi connectivity index (χ4n) is 2.03. The molecule has 1 rings (SSSR count). The van der Waals surface area contributed by atoms with Crippen molar-refractivity contribution < 1.29 is 9.53 Å². The van der Waals surface area contributed by atoms with E-state index in [2.05, 4.69) is 0 Å². The molecule has 96 valence electrons. The smallest absolute Gasteiger partial charge is 0.239 e. The van der Waals surface area contributed by atoms with Crippen LogP contribution >= 0.6 is 12.4 Å². The maximum Gasteiger partial charge on any atom is 0.239 e. The topological polar surface area (TPSA) is 55.6 Å². The summed E-state index contributed by atoms with van der Waals surface area (Å²) in [5.74, 6) is 0.0423. The molecule has 1 fully saturated rings. The highest BCUT2D eigenvalue weighted by Gasteiger charge is 2.34. The number of rotatable bonds is 2. The molecule has 0 aliphatic carbocycles. The zero-order valence-electron chi connectivity index (χ0n) is 10.5. The minimum absolute atomic E-state index is 0. The normalized spacial score (nSPS) is 25.8. The van der Waals surface area contributed by atoms with Gasteiger partial charge in [0.25, 0.3) is 0 Å². The van der Waals surface area contributed by atoms with Crippen molar-refractivity contribution in [2.45, 2.75) is 51.9 Å². The number of morpholine rings is 1. The number of halogens is 1. The molecule has 5 heteroatoms. The lowest BCUT2D eigenvalue weighted by atomic mass is 10.0. The first kappa shape index (κ1) is 15.7. The minimum Gasteiger partial charge on any atom is -0.369 e. The van der Waals surface area contributed by atoms with Gasteiger partial charge in [0.05, 0.1) is 17.7 Å². The molecule has 1 heterocycles. The third kappa shape index (κ3) is 3.92. The summed E-state index contributed by atoms with van der Waals surface area (Å²) in [6, 6.07) is -0.369. The van der Waals surface area contributed by atoms with Gasteiger partial charge in [0.2, 0.25) is 5.91 Å². The van der Waals surface area contributed by atoms with Crippen LogP contribution in [-0.2, 0) is 9.53 Å². The number of hydrogen-bond donors (Lipinski definition) is 1. The highest BCUT2D eigenvalue weighted by Crippen LogP contribution is 2.21. The summed E-state index contributed by atoms with van der Waals surface area (Å²) in [6.07, 6.45) is 0.770. The number of hydrogen-bond acceptors (Lipinski definition) is 3. The second kappa shape index (κ2) is 5.84. The van der Waals surface area contributed by atoms with Crippen LogP contribution < -0.4 is 5.73 Å². The lowest BCUT2D eigenvalue weighted by Gasteiger charge is -2.42. The Hall–Kier alpha value is -0.320. The van der Waals surface area contributed by atoms with Gasteiger partial charge in [0.15, 0.2) is 0 Å². The lowest BCUT2D eigenvalue weighted by molar-refractivity contribution is -0.159. The standard InChI is InChI=1S/C11H22N2O2.ClH/c1-5-9(12)10(14)13-6-8(2)15-11(3,4)7-13;/h8-9H,5-7,12H2,1-4H3;1H/t8?,9-;/m0./s1. The molecule has 2 N–H and O–H groups in total. The molecule has 1 amide bonds. The van der Waals surface area contributed by atoms with Gasteiger partial charge >= 0.3 is 0 Å². The van der Waals surface area contributed by atoms with Crippen LogP contribution in [0, 0.1) is 0 Å². The number of ether oxygens (including phenoxy) is 1. The number of carbonyl (C=O) groups excluding carboxylic acids is 1. The van der Waals surface area contributed by atoms with Gasteiger partial charge in [-0.2, -0.15) is 0 Å². The summed E-state index contributed by atoms with van der Waals surface area (Å²) in [4.78, 5) is 13.7. The minimum atomic E-state index is -0.369. The largest absolute Gasteiger partial charge is 0.369 e. The van der Waals surface area contributed by atoms with Gasteiger partial charge in [0, 0.05) is 13.1 Å². The molecule has 0 aromatic carbocycles. The third-order valence-electron chi connectivity index (χ3n) is 2.64. The van der Waals surface area contributed by atoms with Gasteiger partial charge in [-0.15, -0.1) is 12.4 Å². The van der Waals surface area contributed by atoms with Gasteiger partial charge in [-0.25, -0.2) is 0 Å². The third-order valence-corrected chi connectivity index (χ3v) is 2.64. The van der Waals surface area contributed by atoms with Crippen LogP contribution in [0.25, 0.3) is 0 Å². The Balaban J connectivity index is 0.00000225. The van der Waals surface area contributed by atoms with E-state index in [-0.39, 0.29) is 36.1 Å². The molecule has 4 nitrogen and oxygen atoms in total. The molecule has 0 spiro atoms. The summed E-state index contributed by atoms with van der Waals surface area (Å²) < 4.78 is 5.73. The summed E-state index contributed by atoms with van der Waals surface area (Å²) in [5.41, 5.74) is 5.49. The maximum atomic E-state index is 11.9. The van der Waals surface area contributed by atoms with Gasteiger partial charge in [-0.05, 0) is 27.2 Å². The van der Waals surface area contributed by atoms with Crippen LogP contribution in [-0.4, -0.2) is 41.6 Å². The molecule has 16 heavy (non-hydrogen) atoms. The fourth-order valence-corrected chi connectivity index (χ4v) is 2.03. The molecular weight excluding hydrogens is 228 g/mol. The Morgan fingerprint density at radius 2 is 2.19 bits per heavy atom. The van der Waals surface area contributed by atoms with Crippen molar-refractivity contribution in [1.29, 1.82) is 0 Å². The van der Waals surface area contributed by atoms with Crippen molar-refractivity contribution in [2.75, 3.05) is 13.1 Å². The first-order valence-corrected chi connectivity index (χ1v) is 5.58. The van der Waals surface area contributed by atoms with Gasteiger partial charge in [-0.3, -0.25) is 4.79 Å². The van der Waals surface area contributed by atoms with Crippen LogP contribution in [0.3, 0.4) is 0 Å². The molecule has 0 saturated carbocycles. The number of amides is 1. The zero-order valence-corrected chi connectivity index (χ0v) is 11.3. The Morgan fingerprint density at radius 1 is 1.62 bits per heavy atom. The summed E-state index contributed by atoms with van der Waals surface area (Å²) >= 11 is 0. The molecular formula is C11H23ClN2O2. The van der Waals surface area contributed by atoms with E-state index in [4.69, 9.17) is 10.5 Å². The van der Waals surface area contributed by atoms with Crippen LogP contribution in [0.4, 0.5) is 0 Å². The molecule has 1 aliphatic rings. The molecule has 0 aromatic rings. The van der Waals surface area contributed by atoms with E-state index in [9.17, 15) is 4.79 Å². The van der Waals surface area contributed by atoms with Crippen molar-refractivity contribution in [2.24, 2.45) is 5.73 Å². The monoisotopic (exact) mass is 250 g/mol. The van der Waals surface area contributed by atoms with Crippen molar-refractivity contribution >= 4 is 18.3 Å². The Labute approximate surface area is 104 Å². The SMILES string of the molecule is CC[C@H](N)C(=O)N1CC(C)OC(C)(C)C1.Cl. The summed E-state index contributed by atoms with van der Waals surface area (Å²) in [7, 11) is 0. The predicted molar refractivity (Wildman–Crippen MR) is 66.7 cm³/mol. The molecule has 0 radical (unpaired) electrons. The van der Waals surface area contributed by atoms with Crippen LogP contribution in [0.2, 0.25) is 0 Å². The van der Waals surface area contributed by atoms with E-state index in [1.54, 1.807) is 0 Å². The van der Waals surface area contributed by atoms with Crippen molar-refractivity contribution in [3.63, 3.8) is 0 Å². The Morgan fingerprint density at radius 3 is 2.62 bits per heavy atom. The Kier molecular flexibility index (Phi) is 5.73. The predicted octanol–water partition coefficient (Wildman–Crippen LogP) is 1.17. The molecule has 0 bridgehead atoms. The van der Waals surface area contributed by atoms with Gasteiger partial charge in [0.1, 0.15) is 0 Å². The van der Waals surface area contributed by atoms with Crippen molar-refractivity contribution in [3.8, 4) is 0 Å². The van der Waals surface area contributed by atoms with Crippen molar-refractivity contribution in [3.05, 3.63) is 0 Å². The van der Waals surface area contributed by atoms with Gasteiger partial charge in [-0.1, -0.05) is 6.92 Å². The molecule has 2 atom stereocenters. The molecule has 1 aliphatic heterocycles. The maximum absolute atomic E-state index is 11.9. The second-order valence-electron chi connectivity index (χ2n) is 4.92. The first-order valence-electron chi connectivity index (χ1n) is 5.58. The van der Waals surface area contributed by atoms with Crippen LogP contribution in [0.1, 0.15) is 34.1 Å². The highest BCUT2D eigenvalue weighted by molar-refractivity contribution is 5.85. The van der Waals surface area contributed by atoms with Crippen LogP contribution in [0.15, 0.2) is 0 Å². The van der Waals surface area contributed by atoms with E-state index in [0.717, 1.165) is 0 Å². The fraction of sp³-hybridized carbons (Fsp3) is 0.909. The van der Waals surface area contributed by atoms with E-state index < -0.39 is 0 Å². The van der Waals surface area contributed by atoms with E-state index >= 15 is 0 Å². The zero-order chi connectivity index (χ0) is 11.6. The average molecular weight is 251 g/mol. The molecule has 1 unspecified atom stereocenters. The number of carbonyl (C=O) groups is 1. The average Bonchev–Trinajstić information content (AvgIpc) is 2.12. The summed E-state index contributed by atoms with van der Waals surface area (Å²) in [6.45, 7) is 9.19. The quantitative estimate of drug-likeness (QED) is 0.801. The number of nitrogens with two attached hydrogens (primary N) is 1. The Bertz CT molecular complexity index is 246. The lowest BCUT2D eigenvalue weighted by Crippen LogP contribution is -2.57. The highest BCUT2D eigenvalue weighted by atomic mass is 35.5. The van der Waals surface area contributed by atoms with Gasteiger partial charge < -0.3 is 15.4 Å². The number of nitrogens with zero attached hydrogens (tertiary/aromatic N) is 1. The summed E-state index contributed by atoms with van der Waals surface area (Å²) in [5, 5.41) is 0. The molecule has 1 saturated heterocycles. The van der Waals surface area contributed by atoms with E-state index in [0.29, 0.717) is 19.5 Å².